The molecule has 138 valence electrons. The summed E-state index contributed by atoms with van der Waals surface area (Å²) < 4.78 is 18.4. The second kappa shape index (κ2) is 13.2. The zero-order valence-corrected chi connectivity index (χ0v) is 14.9. The third-order valence-corrected chi connectivity index (χ3v) is 3.74. The highest BCUT2D eigenvalue weighted by Crippen LogP contribution is 2.12. The molecule has 0 saturated carbocycles. The number of esters is 1. The van der Waals surface area contributed by atoms with Crippen LogP contribution in [0, 0.1) is 5.82 Å². The largest absolute Gasteiger partial charge is 0.463 e. The van der Waals surface area contributed by atoms with E-state index in [9.17, 15) is 14.0 Å². The fraction of sp³-hybridized carbons (Fsp3) is 0.500. The van der Waals surface area contributed by atoms with E-state index < -0.39 is 17.7 Å². The van der Waals surface area contributed by atoms with Crippen molar-refractivity contribution in [1.29, 1.82) is 0 Å². The first-order chi connectivity index (χ1) is 12.1. The second-order valence-electron chi connectivity index (χ2n) is 5.94. The lowest BCUT2D eigenvalue weighted by Crippen LogP contribution is -2.10. The molecule has 0 radical (unpaired) electrons. The lowest BCUT2D eigenvalue weighted by Gasteiger charge is -2.04. The number of carbonyl (C=O) groups excluding carboxylic acids is 2. The number of hydrogen-bond acceptors (Lipinski definition) is 3. The van der Waals surface area contributed by atoms with Crippen LogP contribution in [-0.4, -0.2) is 18.5 Å². The Balaban J connectivity index is 2.10. The smallest absolute Gasteiger partial charge is 0.330 e. The third kappa shape index (κ3) is 10.3. The van der Waals surface area contributed by atoms with Crippen molar-refractivity contribution in [3.05, 3.63) is 42.2 Å². The van der Waals surface area contributed by atoms with Crippen molar-refractivity contribution in [2.75, 3.05) is 11.9 Å². The number of hydrogen-bond donors (Lipinski definition) is 1. The average molecular weight is 349 g/mol. The van der Waals surface area contributed by atoms with Gasteiger partial charge in [0.25, 0.3) is 0 Å². The van der Waals surface area contributed by atoms with Gasteiger partial charge in [0.1, 0.15) is 5.82 Å². The zero-order chi connectivity index (χ0) is 18.3. The zero-order valence-electron chi connectivity index (χ0n) is 14.9. The van der Waals surface area contributed by atoms with Crippen LogP contribution in [0.1, 0.15) is 58.3 Å². The molecular formula is C20H28FNO3. The maximum Gasteiger partial charge on any atom is 0.330 e. The molecule has 0 bridgehead atoms. The number of benzene rings is 1. The van der Waals surface area contributed by atoms with Gasteiger partial charge in [0, 0.05) is 12.2 Å². The van der Waals surface area contributed by atoms with Crippen molar-refractivity contribution in [3.8, 4) is 0 Å². The summed E-state index contributed by atoms with van der Waals surface area (Å²) in [6.45, 7) is 2.56. The summed E-state index contributed by atoms with van der Waals surface area (Å²) in [6, 6.07) is 5.84. The Morgan fingerprint density at radius 3 is 2.32 bits per heavy atom. The molecule has 1 aromatic carbocycles. The van der Waals surface area contributed by atoms with Gasteiger partial charge in [0.15, 0.2) is 0 Å². The Hall–Kier alpha value is -2.17. The topological polar surface area (TPSA) is 55.4 Å². The van der Waals surface area contributed by atoms with E-state index in [1.54, 1.807) is 6.07 Å². The fourth-order valence-electron chi connectivity index (χ4n) is 2.34. The van der Waals surface area contributed by atoms with Gasteiger partial charge in [0.2, 0.25) is 5.91 Å². The molecule has 0 heterocycles. The van der Waals surface area contributed by atoms with E-state index in [1.165, 1.54) is 50.3 Å². The lowest BCUT2D eigenvalue weighted by molar-refractivity contribution is -0.138. The molecule has 1 N–H and O–H groups in total. The van der Waals surface area contributed by atoms with E-state index in [4.69, 9.17) is 4.74 Å². The molecule has 0 fully saturated rings. The first-order valence-electron chi connectivity index (χ1n) is 9.04. The van der Waals surface area contributed by atoms with Gasteiger partial charge in [-0.3, -0.25) is 4.79 Å². The van der Waals surface area contributed by atoms with E-state index in [2.05, 4.69) is 12.2 Å². The van der Waals surface area contributed by atoms with Crippen LogP contribution in [0.2, 0.25) is 0 Å². The molecule has 0 unspecified atom stereocenters. The Bertz CT molecular complexity index is 558. The first kappa shape index (κ1) is 20.9. The number of anilines is 1. The van der Waals surface area contributed by atoms with E-state index in [-0.39, 0.29) is 5.69 Å². The van der Waals surface area contributed by atoms with Crippen LogP contribution in [0.3, 0.4) is 0 Å². The molecule has 0 aliphatic carbocycles. The minimum Gasteiger partial charge on any atom is -0.463 e. The van der Waals surface area contributed by atoms with Gasteiger partial charge in [-0.25, -0.2) is 9.18 Å². The van der Waals surface area contributed by atoms with Gasteiger partial charge in [-0.15, -0.1) is 0 Å². The molecular weight excluding hydrogens is 321 g/mol. The number of ether oxygens (including phenoxy) is 1. The van der Waals surface area contributed by atoms with Crippen molar-refractivity contribution in [2.24, 2.45) is 0 Å². The Labute approximate surface area is 149 Å². The monoisotopic (exact) mass is 349 g/mol. The van der Waals surface area contributed by atoms with Crippen molar-refractivity contribution < 1.29 is 18.7 Å². The SMILES string of the molecule is CCCCCCCCCCOC(=O)/C=C/C(=O)Nc1ccccc1F. The van der Waals surface area contributed by atoms with Gasteiger partial charge < -0.3 is 10.1 Å². The van der Waals surface area contributed by atoms with E-state index in [0.717, 1.165) is 31.4 Å². The van der Waals surface area contributed by atoms with Crippen LogP contribution < -0.4 is 5.32 Å². The molecule has 1 amide bonds. The van der Waals surface area contributed by atoms with Gasteiger partial charge >= 0.3 is 5.97 Å². The molecule has 0 aromatic heterocycles. The Morgan fingerprint density at radius 1 is 1.00 bits per heavy atom. The van der Waals surface area contributed by atoms with E-state index in [1.807, 2.05) is 0 Å². The molecule has 0 spiro atoms. The molecule has 0 atom stereocenters. The summed E-state index contributed by atoms with van der Waals surface area (Å²) in [7, 11) is 0. The molecule has 0 aliphatic rings. The minimum absolute atomic E-state index is 0.0736. The predicted octanol–water partition coefficient (Wildman–Crippen LogP) is 5.00. The number of rotatable bonds is 12. The third-order valence-electron chi connectivity index (χ3n) is 3.74. The van der Waals surface area contributed by atoms with Crippen LogP contribution >= 0.6 is 0 Å². The van der Waals surface area contributed by atoms with Gasteiger partial charge in [-0.1, -0.05) is 64.0 Å². The van der Waals surface area contributed by atoms with E-state index in [0.29, 0.717) is 6.61 Å². The summed E-state index contributed by atoms with van der Waals surface area (Å²) in [4.78, 5) is 23.1. The number of amides is 1. The normalized spacial score (nSPS) is 10.8. The van der Waals surface area contributed by atoms with Crippen molar-refractivity contribution in [2.45, 2.75) is 58.3 Å². The molecule has 1 aromatic rings. The van der Waals surface area contributed by atoms with Crippen molar-refractivity contribution >= 4 is 17.6 Å². The average Bonchev–Trinajstić information content (AvgIpc) is 2.60. The highest BCUT2D eigenvalue weighted by Gasteiger charge is 2.04. The highest BCUT2D eigenvalue weighted by atomic mass is 19.1. The Morgan fingerprint density at radius 2 is 1.64 bits per heavy atom. The number of carbonyl (C=O) groups is 2. The maximum atomic E-state index is 13.4. The summed E-state index contributed by atoms with van der Waals surface area (Å²) in [5.74, 6) is -1.66. The standard InChI is InChI=1S/C20H28FNO3/c1-2-3-4-5-6-7-8-11-16-25-20(24)15-14-19(23)22-18-13-10-9-12-17(18)21/h9-10,12-15H,2-8,11,16H2,1H3,(H,22,23)/b15-14+. The van der Waals surface area contributed by atoms with Crippen LogP contribution in [-0.2, 0) is 14.3 Å². The summed E-state index contributed by atoms with van der Waals surface area (Å²) in [5, 5.41) is 2.36. The van der Waals surface area contributed by atoms with Crippen LogP contribution in [0.15, 0.2) is 36.4 Å². The van der Waals surface area contributed by atoms with Crippen LogP contribution in [0.5, 0.6) is 0 Å². The summed E-state index contributed by atoms with van der Waals surface area (Å²) in [6.07, 6.45) is 11.5. The van der Waals surface area contributed by atoms with Crippen molar-refractivity contribution in [3.63, 3.8) is 0 Å². The molecule has 0 saturated heterocycles. The predicted molar refractivity (Wildman–Crippen MR) is 97.7 cm³/mol. The molecule has 0 aliphatic heterocycles. The molecule has 5 heteroatoms. The van der Waals surface area contributed by atoms with Crippen LogP contribution in [0.4, 0.5) is 10.1 Å². The maximum absolute atomic E-state index is 13.4. The highest BCUT2D eigenvalue weighted by molar-refractivity contribution is 6.02. The van der Waals surface area contributed by atoms with Gasteiger partial charge in [-0.05, 0) is 18.6 Å². The lowest BCUT2D eigenvalue weighted by atomic mass is 10.1. The fourth-order valence-corrected chi connectivity index (χ4v) is 2.34. The summed E-state index contributed by atoms with van der Waals surface area (Å²) in [5.41, 5.74) is 0.0736. The van der Waals surface area contributed by atoms with Gasteiger partial charge in [0.05, 0.1) is 12.3 Å². The number of nitrogens with one attached hydrogen (secondary N) is 1. The molecule has 1 rings (SSSR count). The second-order valence-corrected chi connectivity index (χ2v) is 5.94. The first-order valence-corrected chi connectivity index (χ1v) is 9.04. The van der Waals surface area contributed by atoms with Crippen LogP contribution in [0.25, 0.3) is 0 Å². The number of halogens is 1. The quantitative estimate of drug-likeness (QED) is 0.328. The molecule has 25 heavy (non-hydrogen) atoms. The molecule has 4 nitrogen and oxygen atoms in total. The van der Waals surface area contributed by atoms with Gasteiger partial charge in [-0.2, -0.15) is 0 Å². The van der Waals surface area contributed by atoms with E-state index >= 15 is 0 Å². The van der Waals surface area contributed by atoms with Crippen molar-refractivity contribution in [1.82, 2.24) is 0 Å². The minimum atomic E-state index is -0.575. The Kier molecular flexibility index (Phi) is 11.0. The number of unbranched alkanes of at least 4 members (excludes halogenated alkanes) is 7. The summed E-state index contributed by atoms with van der Waals surface area (Å²) >= 11 is 0. The number of para-hydroxylation sites is 1.